The highest BCUT2D eigenvalue weighted by atomic mass is 16.5. The Labute approximate surface area is 107 Å². The van der Waals surface area contributed by atoms with Crippen LogP contribution >= 0.6 is 0 Å². The molecule has 1 amide bonds. The number of nitrogens with two attached hydrogens (primary N) is 1. The number of aromatic nitrogens is 1. The number of amides is 1. The number of carbonyl (C=O) groups excluding carboxylic acids is 1. The molecule has 0 spiro atoms. The first-order valence-corrected chi connectivity index (χ1v) is 6.49. The lowest BCUT2D eigenvalue weighted by molar-refractivity contribution is -0.135. The van der Waals surface area contributed by atoms with Crippen LogP contribution in [0, 0.1) is 12.8 Å². The maximum atomic E-state index is 12.2. The molecule has 5 heteroatoms. The number of carbonyl (C=O) groups is 1. The topological polar surface area (TPSA) is 72.4 Å². The molecule has 0 unspecified atom stereocenters. The minimum absolute atomic E-state index is 0.128. The molecule has 0 atom stereocenters. The summed E-state index contributed by atoms with van der Waals surface area (Å²) in [5.74, 6) is 1.10. The Hall–Kier alpha value is -1.36. The standard InChI is InChI=1S/C13H21N3O2/c1-9-7-12(15-18-9)8-16(2)13(17)10-3-5-11(14)6-4-10/h7,10-11H,3-6,8,14H2,1-2H3. The van der Waals surface area contributed by atoms with Crippen molar-refractivity contribution in [3.63, 3.8) is 0 Å². The van der Waals surface area contributed by atoms with E-state index in [0.29, 0.717) is 6.54 Å². The highest BCUT2D eigenvalue weighted by Crippen LogP contribution is 2.25. The summed E-state index contributed by atoms with van der Waals surface area (Å²) in [5, 5.41) is 3.91. The van der Waals surface area contributed by atoms with Crippen LogP contribution in [0.3, 0.4) is 0 Å². The minimum Gasteiger partial charge on any atom is -0.361 e. The van der Waals surface area contributed by atoms with Crippen LogP contribution in [0.1, 0.15) is 37.1 Å². The summed E-state index contributed by atoms with van der Waals surface area (Å²) in [7, 11) is 1.82. The molecule has 1 heterocycles. The number of aryl methyl sites for hydroxylation is 1. The first-order chi connectivity index (χ1) is 8.56. The van der Waals surface area contributed by atoms with Crippen LogP contribution < -0.4 is 5.73 Å². The Balaban J connectivity index is 1.88. The second kappa shape index (κ2) is 5.52. The Morgan fingerprint density at radius 1 is 1.50 bits per heavy atom. The zero-order valence-electron chi connectivity index (χ0n) is 11.1. The van der Waals surface area contributed by atoms with Crippen LogP contribution in [-0.2, 0) is 11.3 Å². The number of hydrogen-bond donors (Lipinski definition) is 1. The molecule has 0 aromatic carbocycles. The van der Waals surface area contributed by atoms with E-state index in [4.69, 9.17) is 10.3 Å². The van der Waals surface area contributed by atoms with Crippen molar-refractivity contribution in [2.45, 2.75) is 45.2 Å². The highest BCUT2D eigenvalue weighted by molar-refractivity contribution is 5.78. The van der Waals surface area contributed by atoms with Crippen molar-refractivity contribution in [1.29, 1.82) is 0 Å². The molecule has 0 saturated heterocycles. The number of nitrogens with zero attached hydrogens (tertiary/aromatic N) is 2. The summed E-state index contributed by atoms with van der Waals surface area (Å²) in [6, 6.07) is 2.14. The lowest BCUT2D eigenvalue weighted by Gasteiger charge is -2.28. The van der Waals surface area contributed by atoms with Gasteiger partial charge in [0.1, 0.15) is 11.5 Å². The van der Waals surface area contributed by atoms with Gasteiger partial charge in [0.15, 0.2) is 0 Å². The fourth-order valence-corrected chi connectivity index (χ4v) is 2.49. The molecule has 1 aliphatic rings. The van der Waals surface area contributed by atoms with Crippen molar-refractivity contribution >= 4 is 5.91 Å². The van der Waals surface area contributed by atoms with E-state index in [-0.39, 0.29) is 17.9 Å². The summed E-state index contributed by atoms with van der Waals surface area (Å²) < 4.78 is 5.00. The zero-order valence-corrected chi connectivity index (χ0v) is 11.1. The van der Waals surface area contributed by atoms with Crippen molar-refractivity contribution in [1.82, 2.24) is 10.1 Å². The molecule has 100 valence electrons. The Bertz CT molecular complexity index is 408. The molecule has 0 radical (unpaired) electrons. The predicted octanol–water partition coefficient (Wildman–Crippen LogP) is 1.46. The highest BCUT2D eigenvalue weighted by Gasteiger charge is 2.27. The first-order valence-electron chi connectivity index (χ1n) is 6.49. The second-order valence-electron chi connectivity index (χ2n) is 5.23. The van der Waals surface area contributed by atoms with Crippen LogP contribution in [0.25, 0.3) is 0 Å². The summed E-state index contributed by atoms with van der Waals surface area (Å²) in [6.07, 6.45) is 3.71. The van der Waals surface area contributed by atoms with Gasteiger partial charge in [0.25, 0.3) is 0 Å². The second-order valence-corrected chi connectivity index (χ2v) is 5.23. The van der Waals surface area contributed by atoms with Crippen molar-refractivity contribution < 1.29 is 9.32 Å². The molecule has 0 aliphatic heterocycles. The molecular formula is C13H21N3O2. The van der Waals surface area contributed by atoms with Crippen molar-refractivity contribution in [3.8, 4) is 0 Å². The van der Waals surface area contributed by atoms with Gasteiger partial charge in [-0.2, -0.15) is 0 Å². The van der Waals surface area contributed by atoms with Gasteiger partial charge in [0.2, 0.25) is 5.91 Å². The number of rotatable bonds is 3. The maximum Gasteiger partial charge on any atom is 0.225 e. The molecule has 1 aliphatic carbocycles. The van der Waals surface area contributed by atoms with E-state index in [1.165, 1.54) is 0 Å². The van der Waals surface area contributed by atoms with E-state index in [9.17, 15) is 4.79 Å². The third-order valence-electron chi connectivity index (χ3n) is 3.57. The van der Waals surface area contributed by atoms with Crippen LogP contribution in [0.5, 0.6) is 0 Å². The Morgan fingerprint density at radius 3 is 2.72 bits per heavy atom. The summed E-state index contributed by atoms with van der Waals surface area (Å²) >= 11 is 0. The molecule has 18 heavy (non-hydrogen) atoms. The third kappa shape index (κ3) is 3.10. The van der Waals surface area contributed by atoms with Crippen LogP contribution in [0.4, 0.5) is 0 Å². The molecule has 1 saturated carbocycles. The summed E-state index contributed by atoms with van der Waals surface area (Å²) in [4.78, 5) is 14.0. The summed E-state index contributed by atoms with van der Waals surface area (Å²) in [5.41, 5.74) is 6.65. The molecule has 1 aromatic heterocycles. The van der Waals surface area contributed by atoms with Gasteiger partial charge in [-0.15, -0.1) is 0 Å². The van der Waals surface area contributed by atoms with E-state index in [1.807, 2.05) is 20.0 Å². The molecule has 5 nitrogen and oxygen atoms in total. The van der Waals surface area contributed by atoms with Crippen LogP contribution in [0.15, 0.2) is 10.6 Å². The van der Waals surface area contributed by atoms with Gasteiger partial charge in [-0.3, -0.25) is 4.79 Å². The largest absolute Gasteiger partial charge is 0.361 e. The van der Waals surface area contributed by atoms with E-state index in [2.05, 4.69) is 5.16 Å². The molecule has 0 bridgehead atoms. The van der Waals surface area contributed by atoms with E-state index in [1.54, 1.807) is 4.90 Å². The van der Waals surface area contributed by atoms with Gasteiger partial charge in [-0.25, -0.2) is 0 Å². The van der Waals surface area contributed by atoms with Crippen LogP contribution in [0.2, 0.25) is 0 Å². The lowest BCUT2D eigenvalue weighted by Crippen LogP contribution is -2.37. The maximum absolute atomic E-state index is 12.2. The average molecular weight is 251 g/mol. The van der Waals surface area contributed by atoms with E-state index in [0.717, 1.165) is 37.1 Å². The Morgan fingerprint density at radius 2 is 2.17 bits per heavy atom. The molecule has 1 fully saturated rings. The van der Waals surface area contributed by atoms with Gasteiger partial charge in [0.05, 0.1) is 6.54 Å². The summed E-state index contributed by atoms with van der Waals surface area (Å²) in [6.45, 7) is 2.36. The fraction of sp³-hybridized carbons (Fsp3) is 0.692. The molecule has 2 N–H and O–H groups in total. The van der Waals surface area contributed by atoms with Crippen molar-refractivity contribution in [2.75, 3.05) is 7.05 Å². The monoisotopic (exact) mass is 251 g/mol. The first kappa shape index (κ1) is 13.1. The van der Waals surface area contributed by atoms with E-state index < -0.39 is 0 Å². The number of hydrogen-bond acceptors (Lipinski definition) is 4. The van der Waals surface area contributed by atoms with E-state index >= 15 is 0 Å². The predicted molar refractivity (Wildman–Crippen MR) is 67.6 cm³/mol. The van der Waals surface area contributed by atoms with Gasteiger partial charge in [0, 0.05) is 25.1 Å². The van der Waals surface area contributed by atoms with Crippen molar-refractivity contribution in [3.05, 3.63) is 17.5 Å². The molecule has 2 rings (SSSR count). The van der Waals surface area contributed by atoms with Crippen molar-refractivity contribution in [2.24, 2.45) is 11.7 Å². The fourth-order valence-electron chi connectivity index (χ4n) is 2.49. The molecular weight excluding hydrogens is 230 g/mol. The smallest absolute Gasteiger partial charge is 0.225 e. The van der Waals surface area contributed by atoms with Gasteiger partial charge >= 0.3 is 0 Å². The van der Waals surface area contributed by atoms with Crippen LogP contribution in [-0.4, -0.2) is 29.1 Å². The SMILES string of the molecule is Cc1cc(CN(C)C(=O)C2CCC(N)CC2)no1. The molecule has 1 aromatic rings. The van der Waals surface area contributed by atoms with Gasteiger partial charge < -0.3 is 15.2 Å². The normalized spacial score (nSPS) is 23.9. The average Bonchev–Trinajstić information content (AvgIpc) is 2.75. The minimum atomic E-state index is 0.128. The Kier molecular flexibility index (Phi) is 4.01. The quantitative estimate of drug-likeness (QED) is 0.882. The lowest BCUT2D eigenvalue weighted by atomic mass is 9.85. The zero-order chi connectivity index (χ0) is 13.1. The third-order valence-corrected chi connectivity index (χ3v) is 3.57. The van der Waals surface area contributed by atoms with Gasteiger partial charge in [-0.05, 0) is 32.6 Å². The van der Waals surface area contributed by atoms with Gasteiger partial charge in [-0.1, -0.05) is 5.16 Å².